The van der Waals surface area contributed by atoms with Crippen LogP contribution in [-0.4, -0.2) is 43.6 Å². The van der Waals surface area contributed by atoms with E-state index in [1.807, 2.05) is 12.3 Å². The van der Waals surface area contributed by atoms with Crippen molar-refractivity contribution in [2.45, 2.75) is 12.8 Å². The van der Waals surface area contributed by atoms with Gasteiger partial charge in [-0.3, -0.25) is 4.98 Å². The number of hydrogen-bond acceptors (Lipinski definition) is 4. The van der Waals surface area contributed by atoms with Gasteiger partial charge < -0.3 is 15.5 Å². The SMILES string of the molecule is CN(C)CC1CCN(c2ccc3ncccc3c2N)CC1. The van der Waals surface area contributed by atoms with Gasteiger partial charge in [0, 0.05) is 31.2 Å². The molecule has 0 saturated carbocycles. The quantitative estimate of drug-likeness (QED) is 0.880. The Labute approximate surface area is 126 Å². The molecule has 4 heteroatoms. The Kier molecular flexibility index (Phi) is 3.97. The summed E-state index contributed by atoms with van der Waals surface area (Å²) < 4.78 is 0. The van der Waals surface area contributed by atoms with Crippen molar-refractivity contribution < 1.29 is 0 Å². The molecule has 4 nitrogen and oxygen atoms in total. The first-order valence-electron chi connectivity index (χ1n) is 7.68. The number of aromatic nitrogens is 1. The number of anilines is 2. The minimum absolute atomic E-state index is 0.805. The maximum atomic E-state index is 6.38. The number of nitrogen functional groups attached to an aromatic ring is 1. The molecule has 0 amide bonds. The van der Waals surface area contributed by atoms with Crippen LogP contribution in [0.5, 0.6) is 0 Å². The largest absolute Gasteiger partial charge is 0.396 e. The van der Waals surface area contributed by atoms with Crippen LogP contribution in [0, 0.1) is 5.92 Å². The van der Waals surface area contributed by atoms with E-state index in [2.05, 4.69) is 47.1 Å². The first-order valence-corrected chi connectivity index (χ1v) is 7.68. The van der Waals surface area contributed by atoms with E-state index in [4.69, 9.17) is 5.73 Å². The number of fused-ring (bicyclic) bond motifs is 1. The second-order valence-corrected chi connectivity index (χ2v) is 6.26. The molecule has 3 rings (SSSR count). The first-order chi connectivity index (χ1) is 10.1. The zero-order chi connectivity index (χ0) is 14.8. The Morgan fingerprint density at radius 2 is 2.00 bits per heavy atom. The standard InChI is InChI=1S/C17H24N4/c1-20(2)12-13-7-10-21(11-8-13)16-6-5-15-14(17(16)18)4-3-9-19-15/h3-6,9,13H,7-8,10-12,18H2,1-2H3. The van der Waals surface area contributed by atoms with E-state index in [-0.39, 0.29) is 0 Å². The van der Waals surface area contributed by atoms with Crippen molar-refractivity contribution in [3.05, 3.63) is 30.5 Å². The predicted octanol–water partition coefficient (Wildman–Crippen LogP) is 2.60. The molecule has 1 saturated heterocycles. The number of nitrogens with zero attached hydrogens (tertiary/aromatic N) is 3. The highest BCUT2D eigenvalue weighted by Crippen LogP contribution is 2.33. The zero-order valence-corrected chi connectivity index (χ0v) is 12.9. The van der Waals surface area contributed by atoms with E-state index < -0.39 is 0 Å². The maximum absolute atomic E-state index is 6.38. The third-order valence-electron chi connectivity index (χ3n) is 4.38. The van der Waals surface area contributed by atoms with Gasteiger partial charge in [0.05, 0.1) is 16.9 Å². The average Bonchev–Trinajstić information content (AvgIpc) is 2.48. The molecule has 2 heterocycles. The summed E-state index contributed by atoms with van der Waals surface area (Å²) in [5.74, 6) is 0.805. The second kappa shape index (κ2) is 5.90. The highest BCUT2D eigenvalue weighted by atomic mass is 15.1. The number of benzene rings is 1. The molecule has 0 aliphatic carbocycles. The van der Waals surface area contributed by atoms with Crippen LogP contribution < -0.4 is 10.6 Å². The Morgan fingerprint density at radius 3 is 2.71 bits per heavy atom. The van der Waals surface area contributed by atoms with Crippen LogP contribution in [0.15, 0.2) is 30.5 Å². The molecule has 0 bridgehead atoms. The lowest BCUT2D eigenvalue weighted by Gasteiger charge is -2.35. The van der Waals surface area contributed by atoms with Crippen molar-refractivity contribution in [3.63, 3.8) is 0 Å². The molecule has 0 spiro atoms. The first kappa shape index (κ1) is 14.1. The van der Waals surface area contributed by atoms with Gasteiger partial charge in [0.1, 0.15) is 0 Å². The molecule has 2 N–H and O–H groups in total. The third kappa shape index (κ3) is 2.95. The van der Waals surface area contributed by atoms with Gasteiger partial charge in [0.25, 0.3) is 0 Å². The predicted molar refractivity (Wildman–Crippen MR) is 89.6 cm³/mol. The lowest BCUT2D eigenvalue weighted by atomic mass is 9.95. The van der Waals surface area contributed by atoms with Gasteiger partial charge in [0.2, 0.25) is 0 Å². The number of piperidine rings is 1. The van der Waals surface area contributed by atoms with Crippen molar-refractivity contribution in [1.82, 2.24) is 9.88 Å². The van der Waals surface area contributed by atoms with Gasteiger partial charge in [-0.15, -0.1) is 0 Å². The number of rotatable bonds is 3. The Morgan fingerprint density at radius 1 is 1.24 bits per heavy atom. The maximum Gasteiger partial charge on any atom is 0.0724 e. The van der Waals surface area contributed by atoms with Crippen LogP contribution in [0.2, 0.25) is 0 Å². The van der Waals surface area contributed by atoms with E-state index in [9.17, 15) is 0 Å². The van der Waals surface area contributed by atoms with E-state index >= 15 is 0 Å². The molecular weight excluding hydrogens is 260 g/mol. The number of hydrogen-bond donors (Lipinski definition) is 1. The smallest absolute Gasteiger partial charge is 0.0724 e. The minimum atomic E-state index is 0.805. The second-order valence-electron chi connectivity index (χ2n) is 6.26. The zero-order valence-electron chi connectivity index (χ0n) is 12.9. The summed E-state index contributed by atoms with van der Waals surface area (Å²) in [6, 6.07) is 8.20. The van der Waals surface area contributed by atoms with Gasteiger partial charge in [-0.1, -0.05) is 0 Å². The molecule has 21 heavy (non-hydrogen) atoms. The molecule has 1 fully saturated rings. The minimum Gasteiger partial charge on any atom is -0.396 e. The summed E-state index contributed by atoms with van der Waals surface area (Å²) in [5.41, 5.74) is 9.38. The molecular formula is C17H24N4. The Bertz CT molecular complexity index is 615. The van der Waals surface area contributed by atoms with Crippen molar-refractivity contribution in [2.75, 3.05) is 44.4 Å². The lowest BCUT2D eigenvalue weighted by Crippen LogP contribution is -2.37. The Hall–Kier alpha value is -1.81. The molecule has 2 aromatic rings. The molecule has 0 unspecified atom stereocenters. The molecule has 1 aromatic heterocycles. The van der Waals surface area contributed by atoms with Crippen LogP contribution in [0.4, 0.5) is 11.4 Å². The monoisotopic (exact) mass is 284 g/mol. The van der Waals surface area contributed by atoms with Crippen molar-refractivity contribution in [1.29, 1.82) is 0 Å². The topological polar surface area (TPSA) is 45.4 Å². The highest BCUT2D eigenvalue weighted by Gasteiger charge is 2.21. The average molecular weight is 284 g/mol. The third-order valence-corrected chi connectivity index (χ3v) is 4.38. The summed E-state index contributed by atoms with van der Waals surface area (Å²) in [4.78, 5) is 9.08. The van der Waals surface area contributed by atoms with Crippen LogP contribution in [0.3, 0.4) is 0 Å². The fraction of sp³-hybridized carbons (Fsp3) is 0.471. The van der Waals surface area contributed by atoms with Crippen LogP contribution >= 0.6 is 0 Å². The molecule has 1 aromatic carbocycles. The van der Waals surface area contributed by atoms with Gasteiger partial charge in [0.15, 0.2) is 0 Å². The molecule has 1 aliphatic rings. The Balaban J connectivity index is 1.78. The van der Waals surface area contributed by atoms with E-state index in [1.165, 1.54) is 25.1 Å². The summed E-state index contributed by atoms with van der Waals surface area (Å²) in [6.45, 7) is 3.37. The van der Waals surface area contributed by atoms with E-state index in [0.29, 0.717) is 0 Å². The lowest BCUT2D eigenvalue weighted by molar-refractivity contribution is 0.285. The van der Waals surface area contributed by atoms with Gasteiger partial charge >= 0.3 is 0 Å². The fourth-order valence-electron chi connectivity index (χ4n) is 3.31. The summed E-state index contributed by atoms with van der Waals surface area (Å²) in [5, 5.41) is 1.06. The fourth-order valence-corrected chi connectivity index (χ4v) is 3.31. The number of pyridine rings is 1. The van der Waals surface area contributed by atoms with Crippen molar-refractivity contribution in [3.8, 4) is 0 Å². The van der Waals surface area contributed by atoms with E-state index in [1.54, 1.807) is 0 Å². The number of nitrogens with two attached hydrogens (primary N) is 1. The van der Waals surface area contributed by atoms with E-state index in [0.717, 1.165) is 35.6 Å². The van der Waals surface area contributed by atoms with Gasteiger partial charge in [-0.25, -0.2) is 0 Å². The van der Waals surface area contributed by atoms with Crippen LogP contribution in [0.25, 0.3) is 10.9 Å². The van der Waals surface area contributed by atoms with Crippen LogP contribution in [-0.2, 0) is 0 Å². The molecule has 0 atom stereocenters. The molecule has 112 valence electrons. The van der Waals surface area contributed by atoms with Crippen molar-refractivity contribution >= 4 is 22.3 Å². The summed E-state index contributed by atoms with van der Waals surface area (Å²) >= 11 is 0. The molecule has 0 radical (unpaired) electrons. The van der Waals surface area contributed by atoms with Gasteiger partial charge in [-0.2, -0.15) is 0 Å². The van der Waals surface area contributed by atoms with Crippen LogP contribution in [0.1, 0.15) is 12.8 Å². The van der Waals surface area contributed by atoms with Gasteiger partial charge in [-0.05, 0) is 57.1 Å². The highest BCUT2D eigenvalue weighted by molar-refractivity contribution is 5.97. The normalized spacial score (nSPS) is 16.8. The van der Waals surface area contributed by atoms with Crippen molar-refractivity contribution in [2.24, 2.45) is 5.92 Å². The summed E-state index contributed by atoms with van der Waals surface area (Å²) in [6.07, 6.45) is 4.29. The summed E-state index contributed by atoms with van der Waals surface area (Å²) in [7, 11) is 4.31. The molecule has 1 aliphatic heterocycles.